The maximum Gasteiger partial charge on any atom is 0.191 e. The second kappa shape index (κ2) is 8.20. The topological polar surface area (TPSA) is 30.7 Å². The van der Waals surface area contributed by atoms with Gasteiger partial charge in [-0.15, -0.1) is 10.2 Å². The second-order valence-corrected chi connectivity index (χ2v) is 7.80. The number of hydrogen-bond donors (Lipinski definition) is 0. The van der Waals surface area contributed by atoms with E-state index in [2.05, 4.69) is 27.9 Å². The molecule has 1 fully saturated rings. The van der Waals surface area contributed by atoms with Gasteiger partial charge >= 0.3 is 0 Å². The first-order valence-corrected chi connectivity index (χ1v) is 9.84. The maximum absolute atomic E-state index is 6.03. The zero-order valence-corrected chi connectivity index (χ0v) is 15.2. The number of aromatic nitrogens is 3. The molecule has 1 heterocycles. The van der Waals surface area contributed by atoms with Gasteiger partial charge in [0.1, 0.15) is 5.82 Å². The summed E-state index contributed by atoms with van der Waals surface area (Å²) in [7, 11) is 2.08. The van der Waals surface area contributed by atoms with Gasteiger partial charge < -0.3 is 4.57 Å². The summed E-state index contributed by atoms with van der Waals surface area (Å²) in [5.74, 6) is 2.88. The van der Waals surface area contributed by atoms with E-state index < -0.39 is 0 Å². The lowest BCUT2D eigenvalue weighted by Crippen LogP contribution is -2.09. The van der Waals surface area contributed by atoms with E-state index >= 15 is 0 Å². The van der Waals surface area contributed by atoms with E-state index in [1.807, 2.05) is 18.2 Å². The van der Waals surface area contributed by atoms with Crippen LogP contribution in [0.1, 0.15) is 49.9 Å². The summed E-state index contributed by atoms with van der Waals surface area (Å²) < 4.78 is 2.15. The van der Waals surface area contributed by atoms with E-state index in [0.717, 1.165) is 34.1 Å². The Morgan fingerprint density at radius 3 is 2.83 bits per heavy atom. The SMILES string of the molecule is Cn1c(CCC2CCCCC2)nnc1SCc1cccc(Cl)c1. The highest BCUT2D eigenvalue weighted by molar-refractivity contribution is 7.98. The molecule has 1 aromatic heterocycles. The first kappa shape index (κ1) is 16.8. The fourth-order valence-corrected chi connectivity index (χ4v) is 4.36. The maximum atomic E-state index is 6.03. The summed E-state index contributed by atoms with van der Waals surface area (Å²) in [6.07, 6.45) is 9.33. The minimum atomic E-state index is 0.786. The Balaban J connectivity index is 1.54. The van der Waals surface area contributed by atoms with Crippen molar-refractivity contribution in [3.63, 3.8) is 0 Å². The predicted molar refractivity (Wildman–Crippen MR) is 96.9 cm³/mol. The van der Waals surface area contributed by atoms with Gasteiger partial charge in [0.2, 0.25) is 0 Å². The van der Waals surface area contributed by atoms with Crippen molar-refractivity contribution in [1.29, 1.82) is 0 Å². The monoisotopic (exact) mass is 349 g/mol. The van der Waals surface area contributed by atoms with Gasteiger partial charge in [-0.05, 0) is 30.0 Å². The third-order valence-corrected chi connectivity index (χ3v) is 6.01. The first-order chi connectivity index (χ1) is 11.2. The molecule has 1 aliphatic rings. The number of aryl methyl sites for hydroxylation is 1. The largest absolute Gasteiger partial charge is 0.309 e. The molecule has 0 N–H and O–H groups in total. The molecule has 124 valence electrons. The molecule has 3 rings (SSSR count). The molecule has 0 spiro atoms. The number of rotatable bonds is 6. The smallest absolute Gasteiger partial charge is 0.191 e. The fourth-order valence-electron chi connectivity index (χ4n) is 3.27. The molecule has 0 bridgehead atoms. The molecule has 0 radical (unpaired) electrons. The Morgan fingerprint density at radius 2 is 2.04 bits per heavy atom. The minimum Gasteiger partial charge on any atom is -0.309 e. The molecule has 1 saturated carbocycles. The molecule has 3 nitrogen and oxygen atoms in total. The van der Waals surface area contributed by atoms with Gasteiger partial charge in [-0.1, -0.05) is 67.6 Å². The van der Waals surface area contributed by atoms with Crippen molar-refractivity contribution < 1.29 is 0 Å². The minimum absolute atomic E-state index is 0.786. The van der Waals surface area contributed by atoms with Gasteiger partial charge in [0.25, 0.3) is 0 Å². The third-order valence-electron chi connectivity index (χ3n) is 4.68. The predicted octanol–water partition coefficient (Wildman–Crippen LogP) is 5.27. The molecule has 0 aliphatic heterocycles. The van der Waals surface area contributed by atoms with Crippen LogP contribution in [-0.4, -0.2) is 14.8 Å². The lowest BCUT2D eigenvalue weighted by Gasteiger charge is -2.20. The van der Waals surface area contributed by atoms with E-state index in [1.165, 1.54) is 44.1 Å². The highest BCUT2D eigenvalue weighted by atomic mass is 35.5. The normalized spacial score (nSPS) is 15.9. The van der Waals surface area contributed by atoms with E-state index in [4.69, 9.17) is 11.6 Å². The molecule has 0 atom stereocenters. The van der Waals surface area contributed by atoms with Crippen molar-refractivity contribution in [2.75, 3.05) is 0 Å². The van der Waals surface area contributed by atoms with E-state index in [0.29, 0.717) is 0 Å². The summed E-state index contributed by atoms with van der Waals surface area (Å²) in [6.45, 7) is 0. The van der Waals surface area contributed by atoms with Crippen LogP contribution >= 0.6 is 23.4 Å². The van der Waals surface area contributed by atoms with Crippen molar-refractivity contribution in [1.82, 2.24) is 14.8 Å². The lowest BCUT2D eigenvalue weighted by molar-refractivity contribution is 0.336. The molecule has 1 aliphatic carbocycles. The van der Waals surface area contributed by atoms with Crippen molar-refractivity contribution in [3.05, 3.63) is 40.7 Å². The number of thioether (sulfide) groups is 1. The van der Waals surface area contributed by atoms with Crippen LogP contribution in [0.5, 0.6) is 0 Å². The van der Waals surface area contributed by atoms with E-state index in [-0.39, 0.29) is 0 Å². The molecule has 1 aromatic carbocycles. The first-order valence-electron chi connectivity index (χ1n) is 8.48. The van der Waals surface area contributed by atoms with Crippen LogP contribution in [0.2, 0.25) is 5.02 Å². The Labute approximate surface area is 147 Å². The van der Waals surface area contributed by atoms with Gasteiger partial charge in [-0.2, -0.15) is 0 Å². The average Bonchev–Trinajstić information content (AvgIpc) is 2.92. The second-order valence-electron chi connectivity index (χ2n) is 6.42. The van der Waals surface area contributed by atoms with Crippen LogP contribution in [0.3, 0.4) is 0 Å². The van der Waals surface area contributed by atoms with Crippen LogP contribution < -0.4 is 0 Å². The number of halogens is 1. The number of hydrogen-bond acceptors (Lipinski definition) is 3. The molecule has 23 heavy (non-hydrogen) atoms. The van der Waals surface area contributed by atoms with Gasteiger partial charge in [0.05, 0.1) is 0 Å². The molecule has 0 unspecified atom stereocenters. The van der Waals surface area contributed by atoms with Gasteiger partial charge in [0.15, 0.2) is 5.16 Å². The Hall–Kier alpha value is -1.00. The van der Waals surface area contributed by atoms with Crippen molar-refractivity contribution in [2.45, 2.75) is 55.9 Å². The van der Waals surface area contributed by atoms with Crippen molar-refractivity contribution in [2.24, 2.45) is 13.0 Å². The van der Waals surface area contributed by atoms with Crippen molar-refractivity contribution in [3.8, 4) is 0 Å². The zero-order valence-electron chi connectivity index (χ0n) is 13.7. The van der Waals surface area contributed by atoms with Gasteiger partial charge in [-0.25, -0.2) is 0 Å². The Morgan fingerprint density at radius 1 is 1.22 bits per heavy atom. The Kier molecular flexibility index (Phi) is 6.01. The summed E-state index contributed by atoms with van der Waals surface area (Å²) in [5, 5.41) is 10.5. The summed E-state index contributed by atoms with van der Waals surface area (Å²) in [5.41, 5.74) is 1.22. The zero-order chi connectivity index (χ0) is 16.1. The molecule has 5 heteroatoms. The van der Waals surface area contributed by atoms with E-state index in [9.17, 15) is 0 Å². The highest BCUT2D eigenvalue weighted by Crippen LogP contribution is 2.28. The molecule has 0 amide bonds. The van der Waals surface area contributed by atoms with Gasteiger partial charge in [-0.3, -0.25) is 0 Å². The van der Waals surface area contributed by atoms with Crippen LogP contribution in [0.15, 0.2) is 29.4 Å². The average molecular weight is 350 g/mol. The fraction of sp³-hybridized carbons (Fsp3) is 0.556. The van der Waals surface area contributed by atoms with E-state index in [1.54, 1.807) is 11.8 Å². The quantitative estimate of drug-likeness (QED) is 0.665. The van der Waals surface area contributed by atoms with Gasteiger partial charge in [0, 0.05) is 24.2 Å². The third kappa shape index (κ3) is 4.74. The molecule has 0 saturated heterocycles. The van der Waals surface area contributed by atoms with Crippen LogP contribution in [0, 0.1) is 5.92 Å². The molecular formula is C18H24ClN3S. The van der Waals surface area contributed by atoms with Crippen LogP contribution in [-0.2, 0) is 19.2 Å². The summed E-state index contributed by atoms with van der Waals surface area (Å²) in [6, 6.07) is 8.00. The number of nitrogens with zero attached hydrogens (tertiary/aromatic N) is 3. The lowest BCUT2D eigenvalue weighted by atomic mass is 9.86. The number of benzene rings is 1. The van der Waals surface area contributed by atoms with Crippen LogP contribution in [0.25, 0.3) is 0 Å². The molecular weight excluding hydrogens is 326 g/mol. The van der Waals surface area contributed by atoms with Crippen molar-refractivity contribution >= 4 is 23.4 Å². The standard InChI is InChI=1S/C18H24ClN3S/c1-22-17(11-10-14-6-3-2-4-7-14)20-21-18(22)23-13-15-8-5-9-16(19)12-15/h5,8-9,12,14H,2-4,6-7,10-11,13H2,1H3. The Bertz CT molecular complexity index is 635. The van der Waals surface area contributed by atoms with Crippen LogP contribution in [0.4, 0.5) is 0 Å². The highest BCUT2D eigenvalue weighted by Gasteiger charge is 2.16. The summed E-state index contributed by atoms with van der Waals surface area (Å²) in [4.78, 5) is 0. The summed E-state index contributed by atoms with van der Waals surface area (Å²) >= 11 is 7.76. The molecule has 2 aromatic rings.